The fourth-order valence-electron chi connectivity index (χ4n) is 3.17. The minimum atomic E-state index is 0.0156. The maximum atomic E-state index is 12.2. The van der Waals surface area contributed by atoms with E-state index in [0.717, 1.165) is 48.2 Å². The van der Waals surface area contributed by atoms with Crippen LogP contribution in [0.4, 0.5) is 5.82 Å². The molecule has 7 heteroatoms. The number of aromatic nitrogens is 2. The van der Waals surface area contributed by atoms with Gasteiger partial charge in [-0.2, -0.15) is 11.3 Å². The minimum absolute atomic E-state index is 0.0156. The summed E-state index contributed by atoms with van der Waals surface area (Å²) in [6, 6.07) is 7.75. The van der Waals surface area contributed by atoms with Gasteiger partial charge in [0.25, 0.3) is 5.91 Å². The molecule has 0 radical (unpaired) electrons. The third-order valence-corrected chi connectivity index (χ3v) is 5.41. The van der Waals surface area contributed by atoms with Crippen LogP contribution >= 0.6 is 22.9 Å². The van der Waals surface area contributed by atoms with Crippen molar-refractivity contribution in [3.8, 4) is 0 Å². The molecule has 128 valence electrons. The molecule has 0 atom stereocenters. The first-order chi connectivity index (χ1) is 12.2. The van der Waals surface area contributed by atoms with Crippen LogP contribution in [0, 0.1) is 0 Å². The summed E-state index contributed by atoms with van der Waals surface area (Å²) in [7, 11) is 0. The van der Waals surface area contributed by atoms with Crippen LogP contribution < -0.4 is 10.2 Å². The summed E-state index contributed by atoms with van der Waals surface area (Å²) in [5.74, 6) is 0.950. The molecule has 1 aliphatic heterocycles. The Morgan fingerprint density at radius 1 is 1.24 bits per heavy atom. The smallest absolute Gasteiger partial charge is 0.252 e. The Kier molecular flexibility index (Phi) is 4.55. The highest BCUT2D eigenvalue weighted by molar-refractivity contribution is 7.08. The average molecular weight is 373 g/mol. The number of piperidine rings is 1. The third-order valence-electron chi connectivity index (χ3n) is 4.49. The molecule has 1 aromatic carbocycles. The van der Waals surface area contributed by atoms with Crippen molar-refractivity contribution in [1.82, 2.24) is 15.3 Å². The van der Waals surface area contributed by atoms with Crippen LogP contribution in [0.25, 0.3) is 10.9 Å². The van der Waals surface area contributed by atoms with Crippen LogP contribution in [0.1, 0.15) is 23.2 Å². The van der Waals surface area contributed by atoms with E-state index in [0.29, 0.717) is 5.02 Å². The molecule has 0 saturated carbocycles. The number of nitrogens with zero attached hydrogens (tertiary/aromatic N) is 3. The molecular formula is C18H17ClN4OS. The lowest BCUT2D eigenvalue weighted by molar-refractivity contribution is 0.0931. The van der Waals surface area contributed by atoms with Gasteiger partial charge in [-0.15, -0.1) is 0 Å². The molecule has 1 amide bonds. The molecule has 5 nitrogen and oxygen atoms in total. The Balaban J connectivity index is 1.45. The van der Waals surface area contributed by atoms with Crippen LogP contribution in [-0.2, 0) is 0 Å². The SMILES string of the molecule is O=C(NC1CCN(c2ncnc3cc(Cl)ccc23)CC1)c1ccsc1. The fourth-order valence-corrected chi connectivity index (χ4v) is 3.97. The largest absolute Gasteiger partial charge is 0.356 e. The first kappa shape index (κ1) is 16.3. The summed E-state index contributed by atoms with van der Waals surface area (Å²) in [5.41, 5.74) is 1.59. The summed E-state index contributed by atoms with van der Waals surface area (Å²) < 4.78 is 0. The van der Waals surface area contributed by atoms with Gasteiger partial charge in [0.1, 0.15) is 12.1 Å². The second kappa shape index (κ2) is 6.98. The molecule has 1 N–H and O–H groups in total. The molecule has 1 fully saturated rings. The molecule has 25 heavy (non-hydrogen) atoms. The summed E-state index contributed by atoms with van der Waals surface area (Å²) in [4.78, 5) is 23.2. The van der Waals surface area contributed by atoms with Crippen LogP contribution in [0.15, 0.2) is 41.4 Å². The highest BCUT2D eigenvalue weighted by Crippen LogP contribution is 2.27. The van der Waals surface area contributed by atoms with Crippen molar-refractivity contribution in [1.29, 1.82) is 0 Å². The number of rotatable bonds is 3. The number of thiophene rings is 1. The van der Waals surface area contributed by atoms with Crippen LogP contribution in [0.5, 0.6) is 0 Å². The Morgan fingerprint density at radius 2 is 2.08 bits per heavy atom. The van der Waals surface area contributed by atoms with Gasteiger partial charge in [-0.25, -0.2) is 9.97 Å². The lowest BCUT2D eigenvalue weighted by atomic mass is 10.0. The van der Waals surface area contributed by atoms with E-state index in [9.17, 15) is 4.79 Å². The van der Waals surface area contributed by atoms with Crippen LogP contribution in [0.2, 0.25) is 5.02 Å². The molecule has 0 spiro atoms. The summed E-state index contributed by atoms with van der Waals surface area (Å²) in [6.07, 6.45) is 3.38. The predicted molar refractivity (Wildman–Crippen MR) is 102 cm³/mol. The van der Waals surface area contributed by atoms with E-state index < -0.39 is 0 Å². The summed E-state index contributed by atoms with van der Waals surface area (Å²) in [6.45, 7) is 1.70. The topological polar surface area (TPSA) is 58.1 Å². The number of hydrogen-bond donors (Lipinski definition) is 1. The van der Waals surface area contributed by atoms with Gasteiger partial charge in [0, 0.05) is 40.5 Å². The number of carbonyl (C=O) groups is 1. The van der Waals surface area contributed by atoms with Crippen molar-refractivity contribution in [3.63, 3.8) is 0 Å². The lowest BCUT2D eigenvalue weighted by Crippen LogP contribution is -2.45. The summed E-state index contributed by atoms with van der Waals surface area (Å²) >= 11 is 7.59. The Morgan fingerprint density at radius 3 is 2.84 bits per heavy atom. The molecule has 3 aromatic rings. The standard InChI is InChI=1S/C18H17ClN4OS/c19-13-1-2-15-16(9-13)20-11-21-17(15)23-6-3-14(4-7-23)22-18(24)12-5-8-25-10-12/h1-2,5,8-11,14H,3-4,6-7H2,(H,22,24). The number of fused-ring (bicyclic) bond motifs is 1. The maximum Gasteiger partial charge on any atom is 0.252 e. The van der Waals surface area contributed by atoms with E-state index >= 15 is 0 Å². The minimum Gasteiger partial charge on any atom is -0.356 e. The zero-order chi connectivity index (χ0) is 17.2. The zero-order valence-electron chi connectivity index (χ0n) is 13.5. The van der Waals surface area contributed by atoms with Crippen molar-refractivity contribution >= 4 is 45.6 Å². The van der Waals surface area contributed by atoms with Gasteiger partial charge in [-0.1, -0.05) is 11.6 Å². The van der Waals surface area contributed by atoms with Crippen molar-refractivity contribution in [3.05, 3.63) is 51.9 Å². The van der Waals surface area contributed by atoms with Gasteiger partial charge in [-0.3, -0.25) is 4.79 Å². The van der Waals surface area contributed by atoms with Crippen molar-refractivity contribution in [2.75, 3.05) is 18.0 Å². The molecule has 4 rings (SSSR count). The number of nitrogens with one attached hydrogen (secondary N) is 1. The number of amides is 1. The second-order valence-corrected chi connectivity index (χ2v) is 7.32. The van der Waals surface area contributed by atoms with Gasteiger partial charge in [0.15, 0.2) is 0 Å². The van der Waals surface area contributed by atoms with Crippen molar-refractivity contribution < 1.29 is 4.79 Å². The van der Waals surface area contributed by atoms with E-state index in [4.69, 9.17) is 11.6 Å². The molecule has 1 saturated heterocycles. The molecule has 3 heterocycles. The number of anilines is 1. The first-order valence-electron chi connectivity index (χ1n) is 8.19. The quantitative estimate of drug-likeness (QED) is 0.760. The van der Waals surface area contributed by atoms with Crippen LogP contribution in [-0.4, -0.2) is 35.0 Å². The zero-order valence-corrected chi connectivity index (χ0v) is 15.1. The molecule has 1 aliphatic rings. The van der Waals surface area contributed by atoms with Gasteiger partial charge in [0.2, 0.25) is 0 Å². The summed E-state index contributed by atoms with van der Waals surface area (Å²) in [5, 5.41) is 8.61. The van der Waals surface area contributed by atoms with Crippen LogP contribution in [0.3, 0.4) is 0 Å². The second-order valence-electron chi connectivity index (χ2n) is 6.11. The normalized spacial score (nSPS) is 15.5. The Labute approximate surface area is 154 Å². The number of halogens is 1. The van der Waals surface area contributed by atoms with Crippen molar-refractivity contribution in [2.24, 2.45) is 0 Å². The number of carbonyl (C=O) groups excluding carboxylic acids is 1. The van der Waals surface area contributed by atoms with E-state index in [1.165, 1.54) is 11.3 Å². The maximum absolute atomic E-state index is 12.2. The van der Waals surface area contributed by atoms with Crippen molar-refractivity contribution in [2.45, 2.75) is 18.9 Å². The van der Waals surface area contributed by atoms with Gasteiger partial charge in [0.05, 0.1) is 5.52 Å². The third kappa shape index (κ3) is 3.45. The van der Waals surface area contributed by atoms with E-state index in [-0.39, 0.29) is 11.9 Å². The molecule has 2 aromatic heterocycles. The fraction of sp³-hybridized carbons (Fsp3) is 0.278. The highest BCUT2D eigenvalue weighted by Gasteiger charge is 2.23. The molecule has 0 aliphatic carbocycles. The molecule has 0 bridgehead atoms. The monoisotopic (exact) mass is 372 g/mol. The molecular weight excluding hydrogens is 356 g/mol. The highest BCUT2D eigenvalue weighted by atomic mass is 35.5. The number of benzene rings is 1. The van der Waals surface area contributed by atoms with E-state index in [2.05, 4.69) is 20.2 Å². The predicted octanol–water partition coefficient (Wildman–Crippen LogP) is 3.74. The van der Waals surface area contributed by atoms with Gasteiger partial charge < -0.3 is 10.2 Å². The Bertz CT molecular complexity index is 891. The van der Waals surface area contributed by atoms with E-state index in [1.807, 2.05) is 35.0 Å². The number of hydrogen-bond acceptors (Lipinski definition) is 5. The lowest BCUT2D eigenvalue weighted by Gasteiger charge is -2.33. The van der Waals surface area contributed by atoms with Gasteiger partial charge >= 0.3 is 0 Å². The Hall–Kier alpha value is -2.18. The van der Waals surface area contributed by atoms with Gasteiger partial charge in [-0.05, 0) is 42.5 Å². The van der Waals surface area contributed by atoms with E-state index in [1.54, 1.807) is 6.33 Å². The average Bonchev–Trinajstić information content (AvgIpc) is 3.16. The molecule has 0 unspecified atom stereocenters. The first-order valence-corrected chi connectivity index (χ1v) is 9.51.